The van der Waals surface area contributed by atoms with E-state index in [0.29, 0.717) is 44.3 Å². The summed E-state index contributed by atoms with van der Waals surface area (Å²) < 4.78 is 1.49. The van der Waals surface area contributed by atoms with Gasteiger partial charge in [-0.2, -0.15) is 0 Å². The summed E-state index contributed by atoms with van der Waals surface area (Å²) in [7, 11) is 0. The first kappa shape index (κ1) is 20.0. The average Bonchev–Trinajstić information content (AvgIpc) is 2.96. The van der Waals surface area contributed by atoms with Gasteiger partial charge in [0.2, 0.25) is 0 Å². The van der Waals surface area contributed by atoms with Gasteiger partial charge in [0.1, 0.15) is 10.7 Å². The molecule has 0 aliphatic carbocycles. The summed E-state index contributed by atoms with van der Waals surface area (Å²) in [5.74, 6) is -1.02. The van der Waals surface area contributed by atoms with Gasteiger partial charge in [-0.25, -0.2) is 4.98 Å². The molecule has 0 atom stereocenters. The van der Waals surface area contributed by atoms with E-state index in [1.54, 1.807) is 19.1 Å². The number of carboxylic acid groups (broad SMARTS) is 1. The number of benzene rings is 1. The standard InChI is InChI=1S/C19H18ClN3O4S/c1-10-15-18(28-16(10)17(21)26)22-13(9-11-4-6-12(20)7-5-11)23(19(15)27)8-2-3-14(24)25/h4-7H,2-3,8-9H2,1H3,(H2,21,26)(H,24,25). The van der Waals surface area contributed by atoms with E-state index in [1.165, 1.54) is 4.57 Å². The minimum absolute atomic E-state index is 0.0555. The smallest absolute Gasteiger partial charge is 0.303 e. The molecule has 0 bridgehead atoms. The van der Waals surface area contributed by atoms with Crippen molar-refractivity contribution in [3.05, 3.63) is 61.5 Å². The maximum atomic E-state index is 13.1. The highest BCUT2D eigenvalue weighted by Gasteiger charge is 2.20. The summed E-state index contributed by atoms with van der Waals surface area (Å²) in [6.45, 7) is 1.89. The molecule has 0 aliphatic rings. The Morgan fingerprint density at radius 2 is 1.96 bits per heavy atom. The van der Waals surface area contributed by atoms with Crippen molar-refractivity contribution in [2.24, 2.45) is 5.73 Å². The van der Waals surface area contributed by atoms with Crippen LogP contribution in [0.4, 0.5) is 0 Å². The van der Waals surface area contributed by atoms with Crippen molar-refractivity contribution in [2.75, 3.05) is 0 Å². The second kappa shape index (κ2) is 8.12. The highest BCUT2D eigenvalue weighted by molar-refractivity contribution is 7.20. The first-order chi connectivity index (χ1) is 13.3. The number of rotatable bonds is 7. The average molecular weight is 420 g/mol. The predicted octanol–water partition coefficient (Wildman–Crippen LogP) is 2.97. The van der Waals surface area contributed by atoms with E-state index in [4.69, 9.17) is 22.4 Å². The predicted molar refractivity (Wildman–Crippen MR) is 108 cm³/mol. The number of aliphatic carboxylic acids is 1. The minimum Gasteiger partial charge on any atom is -0.481 e. The summed E-state index contributed by atoms with van der Waals surface area (Å²) in [6.07, 6.45) is 0.611. The molecule has 0 saturated carbocycles. The Morgan fingerprint density at radius 1 is 1.29 bits per heavy atom. The van der Waals surface area contributed by atoms with Crippen molar-refractivity contribution in [3.63, 3.8) is 0 Å². The third kappa shape index (κ3) is 4.07. The van der Waals surface area contributed by atoms with Gasteiger partial charge in [-0.05, 0) is 36.6 Å². The molecule has 1 amide bonds. The van der Waals surface area contributed by atoms with Crippen LogP contribution in [0, 0.1) is 6.92 Å². The lowest BCUT2D eigenvalue weighted by Gasteiger charge is -2.12. The van der Waals surface area contributed by atoms with E-state index in [0.717, 1.165) is 16.9 Å². The largest absolute Gasteiger partial charge is 0.481 e. The Kier molecular flexibility index (Phi) is 5.81. The number of nitrogens with two attached hydrogens (primary N) is 1. The van der Waals surface area contributed by atoms with Gasteiger partial charge in [-0.3, -0.25) is 19.0 Å². The van der Waals surface area contributed by atoms with E-state index in [2.05, 4.69) is 4.98 Å². The van der Waals surface area contributed by atoms with Gasteiger partial charge in [0, 0.05) is 24.4 Å². The number of fused-ring (bicyclic) bond motifs is 1. The molecule has 0 radical (unpaired) electrons. The number of amides is 1. The van der Waals surface area contributed by atoms with E-state index in [9.17, 15) is 14.4 Å². The van der Waals surface area contributed by atoms with E-state index < -0.39 is 11.9 Å². The topological polar surface area (TPSA) is 115 Å². The Labute approximate surface area is 169 Å². The lowest BCUT2D eigenvalue weighted by atomic mass is 10.1. The van der Waals surface area contributed by atoms with Crippen molar-refractivity contribution < 1.29 is 14.7 Å². The first-order valence-electron chi connectivity index (χ1n) is 8.56. The van der Waals surface area contributed by atoms with Gasteiger partial charge in [-0.1, -0.05) is 23.7 Å². The highest BCUT2D eigenvalue weighted by Crippen LogP contribution is 2.27. The third-order valence-electron chi connectivity index (χ3n) is 4.40. The quantitative estimate of drug-likeness (QED) is 0.610. The van der Waals surface area contributed by atoms with Crippen LogP contribution in [-0.4, -0.2) is 26.5 Å². The molecular formula is C19H18ClN3O4S. The number of hydrogen-bond donors (Lipinski definition) is 2. The molecule has 1 aromatic carbocycles. The Balaban J connectivity index is 2.12. The van der Waals surface area contributed by atoms with Crippen LogP contribution in [0.1, 0.15) is 39.5 Å². The van der Waals surface area contributed by atoms with E-state index >= 15 is 0 Å². The molecule has 0 unspecified atom stereocenters. The third-order valence-corrected chi connectivity index (χ3v) is 5.85. The number of thiophene rings is 1. The second-order valence-corrected chi connectivity index (χ2v) is 7.82. The molecular weight excluding hydrogens is 402 g/mol. The molecule has 0 spiro atoms. The first-order valence-corrected chi connectivity index (χ1v) is 9.76. The molecule has 2 heterocycles. The lowest BCUT2D eigenvalue weighted by Crippen LogP contribution is -2.26. The summed E-state index contributed by atoms with van der Waals surface area (Å²) in [5.41, 5.74) is 6.54. The van der Waals surface area contributed by atoms with Gasteiger partial charge >= 0.3 is 5.97 Å². The maximum absolute atomic E-state index is 13.1. The molecule has 3 N–H and O–H groups in total. The number of aromatic nitrogens is 2. The van der Waals surface area contributed by atoms with Crippen molar-refractivity contribution in [2.45, 2.75) is 32.7 Å². The van der Waals surface area contributed by atoms with Crippen LogP contribution < -0.4 is 11.3 Å². The summed E-state index contributed by atoms with van der Waals surface area (Å²) in [5, 5.41) is 9.86. The number of carbonyl (C=O) groups excluding carboxylic acids is 1. The van der Waals surface area contributed by atoms with E-state index in [-0.39, 0.29) is 18.5 Å². The van der Waals surface area contributed by atoms with Crippen molar-refractivity contribution in [1.82, 2.24) is 9.55 Å². The Morgan fingerprint density at radius 3 is 2.57 bits per heavy atom. The van der Waals surface area contributed by atoms with Crippen LogP contribution in [0.25, 0.3) is 10.2 Å². The minimum atomic E-state index is -0.927. The molecule has 2 aromatic heterocycles. The second-order valence-electron chi connectivity index (χ2n) is 6.39. The number of halogens is 1. The van der Waals surface area contributed by atoms with Crippen LogP contribution >= 0.6 is 22.9 Å². The monoisotopic (exact) mass is 419 g/mol. The molecule has 7 nitrogen and oxygen atoms in total. The molecule has 0 aliphatic heterocycles. The molecule has 3 rings (SSSR count). The molecule has 3 aromatic rings. The molecule has 28 heavy (non-hydrogen) atoms. The fourth-order valence-electron chi connectivity index (χ4n) is 3.03. The zero-order valence-corrected chi connectivity index (χ0v) is 16.6. The van der Waals surface area contributed by atoms with Gasteiger partial charge < -0.3 is 10.8 Å². The van der Waals surface area contributed by atoms with Gasteiger partial charge in [0.05, 0.1) is 10.3 Å². The molecule has 9 heteroatoms. The number of nitrogens with zero attached hydrogens (tertiary/aromatic N) is 2. The Bertz CT molecular complexity index is 1120. The fraction of sp³-hybridized carbons (Fsp3) is 0.263. The lowest BCUT2D eigenvalue weighted by molar-refractivity contribution is -0.137. The Hall–Kier alpha value is -2.71. The van der Waals surface area contributed by atoms with Crippen LogP contribution in [0.3, 0.4) is 0 Å². The van der Waals surface area contributed by atoms with Crippen LogP contribution in [0.15, 0.2) is 29.1 Å². The summed E-state index contributed by atoms with van der Waals surface area (Å²) in [6, 6.07) is 7.19. The normalized spacial score (nSPS) is 11.1. The number of hydrogen-bond acceptors (Lipinski definition) is 5. The fourth-order valence-corrected chi connectivity index (χ4v) is 4.20. The SMILES string of the molecule is Cc1c(C(N)=O)sc2nc(Cc3ccc(Cl)cc3)n(CCCC(=O)O)c(=O)c12. The number of primary amides is 1. The number of aryl methyl sites for hydroxylation is 1. The highest BCUT2D eigenvalue weighted by atomic mass is 35.5. The van der Waals surface area contributed by atoms with Crippen molar-refractivity contribution in [3.8, 4) is 0 Å². The zero-order valence-electron chi connectivity index (χ0n) is 15.1. The maximum Gasteiger partial charge on any atom is 0.303 e. The summed E-state index contributed by atoms with van der Waals surface area (Å²) in [4.78, 5) is 41.0. The van der Waals surface area contributed by atoms with Crippen LogP contribution in [-0.2, 0) is 17.8 Å². The van der Waals surface area contributed by atoms with Crippen molar-refractivity contribution in [1.29, 1.82) is 0 Å². The van der Waals surface area contributed by atoms with Gasteiger partial charge in [0.15, 0.2) is 0 Å². The van der Waals surface area contributed by atoms with Crippen LogP contribution in [0.2, 0.25) is 5.02 Å². The van der Waals surface area contributed by atoms with Crippen LogP contribution in [0.5, 0.6) is 0 Å². The van der Waals surface area contributed by atoms with Gasteiger partial charge in [-0.15, -0.1) is 11.3 Å². The molecule has 0 saturated heterocycles. The van der Waals surface area contributed by atoms with Gasteiger partial charge in [0.25, 0.3) is 11.5 Å². The van der Waals surface area contributed by atoms with Crippen molar-refractivity contribution >= 4 is 45.0 Å². The summed E-state index contributed by atoms with van der Waals surface area (Å²) >= 11 is 7.03. The molecule has 146 valence electrons. The number of carboxylic acids is 1. The zero-order chi connectivity index (χ0) is 20.4. The van der Waals surface area contributed by atoms with E-state index in [1.807, 2.05) is 12.1 Å². The molecule has 0 fully saturated rings. The number of carbonyl (C=O) groups is 2.